The molecule has 1 aliphatic heterocycles. The summed E-state index contributed by atoms with van der Waals surface area (Å²) in [6, 6.07) is 16.3. The van der Waals surface area contributed by atoms with Crippen molar-refractivity contribution in [3.63, 3.8) is 0 Å². The zero-order chi connectivity index (χ0) is 13.7. The number of para-hydroxylation sites is 2. The monoisotopic (exact) mass is 256 g/mol. The number of rotatable bonds is 2. The molecule has 3 heteroatoms. The minimum absolute atomic E-state index is 0.137. The number of hydrogen-bond acceptors (Lipinski definition) is 3. The Labute approximate surface area is 114 Å². The molecule has 1 aliphatic rings. The number of methoxy groups -OCH3 is 1. The molecular formula is C16H20N2O. The van der Waals surface area contributed by atoms with Crippen molar-refractivity contribution in [2.24, 2.45) is 0 Å². The minimum atomic E-state index is 0.137. The van der Waals surface area contributed by atoms with Crippen molar-refractivity contribution in [3.8, 4) is 5.75 Å². The predicted molar refractivity (Wildman–Crippen MR) is 80.8 cm³/mol. The first-order valence-electron chi connectivity index (χ1n) is 6.63. The molecule has 3 rings (SSSR count). The van der Waals surface area contributed by atoms with Gasteiger partial charge in [0.1, 0.15) is 11.9 Å². The van der Waals surface area contributed by atoms with Crippen LogP contribution < -0.4 is 15.4 Å². The number of nitrogens with one attached hydrogen (secondary N) is 2. The van der Waals surface area contributed by atoms with Crippen molar-refractivity contribution in [2.75, 3.05) is 17.7 Å². The van der Waals surface area contributed by atoms with E-state index in [1.807, 2.05) is 38.1 Å². The van der Waals surface area contributed by atoms with Gasteiger partial charge in [-0.25, -0.2) is 0 Å². The highest BCUT2D eigenvalue weighted by Gasteiger charge is 2.19. The van der Waals surface area contributed by atoms with Crippen LogP contribution in [0.2, 0.25) is 0 Å². The van der Waals surface area contributed by atoms with E-state index in [1.165, 1.54) is 5.56 Å². The number of anilines is 2. The zero-order valence-electron chi connectivity index (χ0n) is 11.6. The molecule has 2 aromatic carbocycles. The molecule has 0 saturated heterocycles. The fourth-order valence-electron chi connectivity index (χ4n) is 2.04. The Hall–Kier alpha value is -2.16. The van der Waals surface area contributed by atoms with Gasteiger partial charge >= 0.3 is 0 Å². The Balaban J connectivity index is 0.000000637. The van der Waals surface area contributed by atoms with Crippen molar-refractivity contribution >= 4 is 11.4 Å². The largest absolute Gasteiger partial charge is 0.497 e. The SMILES string of the molecule is CC.COc1ccc(C2Nc3ccccc3N2)cc1. The Morgan fingerprint density at radius 1 is 0.842 bits per heavy atom. The highest BCUT2D eigenvalue weighted by Crippen LogP contribution is 2.34. The average Bonchev–Trinajstić information content (AvgIpc) is 2.93. The molecule has 0 amide bonds. The second kappa shape index (κ2) is 6.14. The van der Waals surface area contributed by atoms with Crippen LogP contribution >= 0.6 is 0 Å². The maximum atomic E-state index is 5.15. The second-order valence-corrected chi connectivity index (χ2v) is 4.04. The van der Waals surface area contributed by atoms with Gasteiger partial charge in [0.2, 0.25) is 0 Å². The first kappa shape index (κ1) is 13.3. The Morgan fingerprint density at radius 2 is 1.37 bits per heavy atom. The van der Waals surface area contributed by atoms with E-state index in [9.17, 15) is 0 Å². The third kappa shape index (κ3) is 2.81. The van der Waals surface area contributed by atoms with Gasteiger partial charge in [-0.2, -0.15) is 0 Å². The summed E-state index contributed by atoms with van der Waals surface area (Å²) in [4.78, 5) is 0. The molecular weight excluding hydrogens is 236 g/mol. The topological polar surface area (TPSA) is 33.3 Å². The summed E-state index contributed by atoms with van der Waals surface area (Å²) in [5.74, 6) is 0.879. The Kier molecular flexibility index (Phi) is 4.29. The van der Waals surface area contributed by atoms with Crippen molar-refractivity contribution < 1.29 is 4.74 Å². The van der Waals surface area contributed by atoms with Crippen LogP contribution in [0.15, 0.2) is 48.5 Å². The molecule has 100 valence electrons. The van der Waals surface area contributed by atoms with Gasteiger partial charge in [-0.3, -0.25) is 0 Å². The summed E-state index contributed by atoms with van der Waals surface area (Å²) in [6.07, 6.45) is 0.137. The number of benzene rings is 2. The van der Waals surface area contributed by atoms with Crippen molar-refractivity contribution in [3.05, 3.63) is 54.1 Å². The van der Waals surface area contributed by atoms with Crippen molar-refractivity contribution in [1.29, 1.82) is 0 Å². The van der Waals surface area contributed by atoms with Crippen LogP contribution in [0.1, 0.15) is 25.6 Å². The van der Waals surface area contributed by atoms with Gasteiger partial charge < -0.3 is 15.4 Å². The molecule has 0 fully saturated rings. The maximum Gasteiger partial charge on any atom is 0.123 e. The lowest BCUT2D eigenvalue weighted by molar-refractivity contribution is 0.414. The standard InChI is InChI=1S/C14H14N2O.C2H6/c1-17-11-8-6-10(7-9-11)14-15-12-4-2-3-5-13(12)16-14;1-2/h2-9,14-16H,1H3;1-2H3. The summed E-state index contributed by atoms with van der Waals surface area (Å²) in [6.45, 7) is 4.00. The molecule has 2 aromatic rings. The molecule has 0 unspecified atom stereocenters. The first-order valence-corrected chi connectivity index (χ1v) is 6.63. The van der Waals surface area contributed by atoms with Crippen LogP contribution in [0.3, 0.4) is 0 Å². The van der Waals surface area contributed by atoms with Gasteiger partial charge in [0.25, 0.3) is 0 Å². The van der Waals surface area contributed by atoms with E-state index >= 15 is 0 Å². The van der Waals surface area contributed by atoms with Gasteiger partial charge in [-0.1, -0.05) is 38.1 Å². The summed E-state index contributed by atoms with van der Waals surface area (Å²) in [5, 5.41) is 6.87. The Morgan fingerprint density at radius 3 is 1.84 bits per heavy atom. The van der Waals surface area contributed by atoms with Gasteiger partial charge in [0.15, 0.2) is 0 Å². The first-order chi connectivity index (χ1) is 9.36. The lowest BCUT2D eigenvalue weighted by Gasteiger charge is -2.13. The van der Waals surface area contributed by atoms with E-state index in [4.69, 9.17) is 4.74 Å². The quantitative estimate of drug-likeness (QED) is 0.842. The molecule has 0 radical (unpaired) electrons. The summed E-state index contributed by atoms with van der Waals surface area (Å²) < 4.78 is 5.15. The fourth-order valence-corrected chi connectivity index (χ4v) is 2.04. The summed E-state index contributed by atoms with van der Waals surface area (Å²) in [5.41, 5.74) is 3.49. The van der Waals surface area contributed by atoms with Crippen LogP contribution in [0.5, 0.6) is 5.75 Å². The molecule has 0 spiro atoms. The molecule has 0 atom stereocenters. The van der Waals surface area contributed by atoms with E-state index in [2.05, 4.69) is 34.9 Å². The minimum Gasteiger partial charge on any atom is -0.497 e. The molecule has 2 N–H and O–H groups in total. The summed E-state index contributed by atoms with van der Waals surface area (Å²) >= 11 is 0. The molecule has 0 aliphatic carbocycles. The molecule has 1 heterocycles. The van der Waals surface area contributed by atoms with E-state index in [0.717, 1.165) is 17.1 Å². The number of ether oxygens (including phenoxy) is 1. The van der Waals surface area contributed by atoms with E-state index < -0.39 is 0 Å². The second-order valence-electron chi connectivity index (χ2n) is 4.04. The Bertz CT molecular complexity index is 498. The molecule has 0 bridgehead atoms. The zero-order valence-corrected chi connectivity index (χ0v) is 11.6. The van der Waals surface area contributed by atoms with Crippen LogP contribution in [-0.4, -0.2) is 7.11 Å². The van der Waals surface area contributed by atoms with Gasteiger partial charge in [0, 0.05) is 0 Å². The molecule has 0 saturated carbocycles. The van der Waals surface area contributed by atoms with Crippen LogP contribution in [0.4, 0.5) is 11.4 Å². The lowest BCUT2D eigenvalue weighted by Crippen LogP contribution is -2.11. The van der Waals surface area contributed by atoms with Crippen LogP contribution in [0.25, 0.3) is 0 Å². The molecule has 3 nitrogen and oxygen atoms in total. The van der Waals surface area contributed by atoms with E-state index in [0.29, 0.717) is 0 Å². The fraction of sp³-hybridized carbons (Fsp3) is 0.250. The molecule has 19 heavy (non-hydrogen) atoms. The van der Waals surface area contributed by atoms with Crippen molar-refractivity contribution in [2.45, 2.75) is 20.0 Å². The normalized spacial score (nSPS) is 12.6. The average molecular weight is 256 g/mol. The third-order valence-electron chi connectivity index (χ3n) is 2.98. The number of hydrogen-bond donors (Lipinski definition) is 2. The molecule has 0 aromatic heterocycles. The maximum absolute atomic E-state index is 5.15. The highest BCUT2D eigenvalue weighted by atomic mass is 16.5. The summed E-state index contributed by atoms with van der Waals surface area (Å²) in [7, 11) is 1.68. The highest BCUT2D eigenvalue weighted by molar-refractivity contribution is 5.74. The van der Waals surface area contributed by atoms with E-state index in [-0.39, 0.29) is 6.17 Å². The van der Waals surface area contributed by atoms with Gasteiger partial charge in [-0.05, 0) is 29.8 Å². The number of fused-ring (bicyclic) bond motifs is 1. The van der Waals surface area contributed by atoms with Crippen LogP contribution in [-0.2, 0) is 0 Å². The van der Waals surface area contributed by atoms with Gasteiger partial charge in [-0.15, -0.1) is 0 Å². The van der Waals surface area contributed by atoms with Crippen LogP contribution in [0, 0.1) is 0 Å². The lowest BCUT2D eigenvalue weighted by atomic mass is 10.2. The van der Waals surface area contributed by atoms with E-state index in [1.54, 1.807) is 7.11 Å². The smallest absolute Gasteiger partial charge is 0.123 e. The van der Waals surface area contributed by atoms with Gasteiger partial charge in [0.05, 0.1) is 18.5 Å². The third-order valence-corrected chi connectivity index (χ3v) is 2.98. The predicted octanol–water partition coefficient (Wildman–Crippen LogP) is 4.26. The van der Waals surface area contributed by atoms with Crippen molar-refractivity contribution in [1.82, 2.24) is 0 Å².